The van der Waals surface area contributed by atoms with E-state index in [0.717, 1.165) is 17.5 Å². The molecule has 0 N–H and O–H groups in total. The summed E-state index contributed by atoms with van der Waals surface area (Å²) in [7, 11) is 0. The minimum atomic E-state index is 0.628. The van der Waals surface area contributed by atoms with Crippen molar-refractivity contribution in [3.63, 3.8) is 0 Å². The van der Waals surface area contributed by atoms with E-state index in [4.69, 9.17) is 0 Å². The lowest BCUT2D eigenvalue weighted by molar-refractivity contribution is 0.112. The number of aromatic nitrogens is 2. The van der Waals surface area contributed by atoms with Crippen LogP contribution in [0.4, 0.5) is 0 Å². The normalized spacial score (nSPS) is 9.87. The SMILES string of the molecule is O=Cc1cnccc1Cc1ccccn1. The van der Waals surface area contributed by atoms with Crippen molar-refractivity contribution in [3.05, 3.63) is 59.7 Å². The summed E-state index contributed by atoms with van der Waals surface area (Å²) in [5.74, 6) is 0. The van der Waals surface area contributed by atoms with Crippen LogP contribution in [0.15, 0.2) is 42.9 Å². The molecule has 0 aliphatic rings. The van der Waals surface area contributed by atoms with Crippen LogP contribution in [-0.2, 0) is 6.42 Å². The van der Waals surface area contributed by atoms with Crippen LogP contribution in [0, 0.1) is 0 Å². The fourth-order valence-corrected chi connectivity index (χ4v) is 1.40. The molecule has 0 saturated carbocycles. The van der Waals surface area contributed by atoms with E-state index in [1.807, 2.05) is 24.3 Å². The van der Waals surface area contributed by atoms with Gasteiger partial charge in [-0.3, -0.25) is 14.8 Å². The highest BCUT2D eigenvalue weighted by Crippen LogP contribution is 2.09. The predicted octanol–water partition coefficient (Wildman–Crippen LogP) is 1.88. The fourth-order valence-electron chi connectivity index (χ4n) is 1.40. The largest absolute Gasteiger partial charge is 0.298 e. The summed E-state index contributed by atoms with van der Waals surface area (Å²) >= 11 is 0. The molecule has 0 atom stereocenters. The highest BCUT2D eigenvalue weighted by atomic mass is 16.1. The van der Waals surface area contributed by atoms with Crippen molar-refractivity contribution in [1.29, 1.82) is 0 Å². The van der Waals surface area contributed by atoms with Gasteiger partial charge in [-0.2, -0.15) is 0 Å². The average Bonchev–Trinajstić information content (AvgIpc) is 2.31. The number of hydrogen-bond donors (Lipinski definition) is 0. The van der Waals surface area contributed by atoms with Crippen molar-refractivity contribution in [2.75, 3.05) is 0 Å². The maximum absolute atomic E-state index is 10.8. The quantitative estimate of drug-likeness (QED) is 0.707. The van der Waals surface area contributed by atoms with Crippen LogP contribution in [0.25, 0.3) is 0 Å². The fraction of sp³-hybridized carbons (Fsp3) is 0.0833. The Morgan fingerprint density at radius 1 is 1.20 bits per heavy atom. The molecule has 2 aromatic rings. The van der Waals surface area contributed by atoms with E-state index in [1.54, 1.807) is 18.6 Å². The zero-order chi connectivity index (χ0) is 10.5. The molecule has 2 aromatic heterocycles. The van der Waals surface area contributed by atoms with Crippen LogP contribution in [0.2, 0.25) is 0 Å². The minimum absolute atomic E-state index is 0.628. The van der Waals surface area contributed by atoms with Gasteiger partial charge in [-0.25, -0.2) is 0 Å². The highest BCUT2D eigenvalue weighted by molar-refractivity contribution is 5.76. The molecule has 0 spiro atoms. The van der Waals surface area contributed by atoms with Gasteiger partial charge < -0.3 is 0 Å². The van der Waals surface area contributed by atoms with Crippen molar-refractivity contribution in [3.8, 4) is 0 Å². The molecule has 2 rings (SSSR count). The Labute approximate surface area is 87.8 Å². The molecule has 3 nitrogen and oxygen atoms in total. The number of pyridine rings is 2. The molecule has 0 bridgehead atoms. The van der Waals surface area contributed by atoms with Crippen LogP contribution in [0.5, 0.6) is 0 Å². The van der Waals surface area contributed by atoms with Gasteiger partial charge in [-0.1, -0.05) is 6.07 Å². The molecule has 0 aliphatic heterocycles. The second kappa shape index (κ2) is 4.46. The van der Waals surface area contributed by atoms with Gasteiger partial charge in [0.2, 0.25) is 0 Å². The third-order valence-corrected chi connectivity index (χ3v) is 2.17. The molecular weight excluding hydrogens is 188 g/mol. The molecule has 0 saturated heterocycles. The van der Waals surface area contributed by atoms with Crippen LogP contribution in [0.1, 0.15) is 21.6 Å². The number of hydrogen-bond acceptors (Lipinski definition) is 3. The summed E-state index contributed by atoms with van der Waals surface area (Å²) in [4.78, 5) is 18.9. The summed E-state index contributed by atoms with van der Waals surface area (Å²) in [5.41, 5.74) is 2.54. The molecule has 0 aromatic carbocycles. The van der Waals surface area contributed by atoms with E-state index in [2.05, 4.69) is 9.97 Å². The highest BCUT2D eigenvalue weighted by Gasteiger charge is 2.02. The Morgan fingerprint density at radius 3 is 2.87 bits per heavy atom. The Morgan fingerprint density at radius 2 is 2.13 bits per heavy atom. The van der Waals surface area contributed by atoms with Crippen molar-refractivity contribution in [2.45, 2.75) is 6.42 Å². The van der Waals surface area contributed by atoms with Crippen LogP contribution in [0.3, 0.4) is 0 Å². The van der Waals surface area contributed by atoms with Crippen molar-refractivity contribution < 1.29 is 4.79 Å². The van der Waals surface area contributed by atoms with E-state index >= 15 is 0 Å². The van der Waals surface area contributed by atoms with E-state index in [0.29, 0.717) is 12.0 Å². The first-order valence-electron chi connectivity index (χ1n) is 4.68. The predicted molar refractivity (Wildman–Crippen MR) is 56.7 cm³/mol. The van der Waals surface area contributed by atoms with E-state index in [-0.39, 0.29) is 0 Å². The Hall–Kier alpha value is -2.03. The lowest BCUT2D eigenvalue weighted by Crippen LogP contribution is -1.96. The van der Waals surface area contributed by atoms with Crippen LogP contribution < -0.4 is 0 Å². The van der Waals surface area contributed by atoms with E-state index in [1.165, 1.54) is 0 Å². The third-order valence-electron chi connectivity index (χ3n) is 2.17. The smallest absolute Gasteiger partial charge is 0.151 e. The van der Waals surface area contributed by atoms with E-state index in [9.17, 15) is 4.79 Å². The molecule has 2 heterocycles. The number of aldehydes is 1. The van der Waals surface area contributed by atoms with Gasteiger partial charge >= 0.3 is 0 Å². The van der Waals surface area contributed by atoms with Crippen molar-refractivity contribution >= 4 is 6.29 Å². The second-order valence-corrected chi connectivity index (χ2v) is 3.19. The molecular formula is C12H10N2O. The first-order valence-corrected chi connectivity index (χ1v) is 4.68. The van der Waals surface area contributed by atoms with Crippen molar-refractivity contribution in [2.24, 2.45) is 0 Å². The van der Waals surface area contributed by atoms with Gasteiger partial charge in [0.05, 0.1) is 0 Å². The molecule has 0 fully saturated rings. The van der Waals surface area contributed by atoms with E-state index < -0.39 is 0 Å². The Bertz CT molecular complexity index is 454. The summed E-state index contributed by atoms with van der Waals surface area (Å²) in [6, 6.07) is 7.59. The lowest BCUT2D eigenvalue weighted by atomic mass is 10.1. The summed E-state index contributed by atoms with van der Waals surface area (Å²) in [6.07, 6.45) is 6.50. The molecule has 74 valence electrons. The van der Waals surface area contributed by atoms with Gasteiger partial charge in [0.1, 0.15) is 0 Å². The molecule has 0 amide bonds. The maximum Gasteiger partial charge on any atom is 0.151 e. The number of carbonyl (C=O) groups is 1. The molecule has 0 radical (unpaired) electrons. The zero-order valence-corrected chi connectivity index (χ0v) is 8.13. The first kappa shape index (κ1) is 9.52. The molecule has 3 heteroatoms. The van der Waals surface area contributed by atoms with Gasteiger partial charge in [-0.05, 0) is 23.8 Å². The first-order chi connectivity index (χ1) is 7.40. The molecule has 15 heavy (non-hydrogen) atoms. The van der Waals surface area contributed by atoms with Crippen molar-refractivity contribution in [1.82, 2.24) is 9.97 Å². The maximum atomic E-state index is 10.8. The standard InChI is InChI=1S/C12H10N2O/c15-9-11-8-13-6-4-10(11)7-12-3-1-2-5-14-12/h1-6,8-9H,7H2. The lowest BCUT2D eigenvalue weighted by Gasteiger charge is -2.02. The second-order valence-electron chi connectivity index (χ2n) is 3.19. The topological polar surface area (TPSA) is 42.9 Å². The number of carbonyl (C=O) groups excluding carboxylic acids is 1. The van der Waals surface area contributed by atoms with Crippen LogP contribution in [-0.4, -0.2) is 16.3 Å². The average molecular weight is 198 g/mol. The zero-order valence-electron chi connectivity index (χ0n) is 8.13. The number of rotatable bonds is 3. The molecule has 0 aliphatic carbocycles. The monoisotopic (exact) mass is 198 g/mol. The number of nitrogens with zero attached hydrogens (tertiary/aromatic N) is 2. The van der Waals surface area contributed by atoms with Gasteiger partial charge in [0.25, 0.3) is 0 Å². The minimum Gasteiger partial charge on any atom is -0.298 e. The third kappa shape index (κ3) is 2.26. The van der Waals surface area contributed by atoms with Gasteiger partial charge in [-0.15, -0.1) is 0 Å². The van der Waals surface area contributed by atoms with Crippen LogP contribution >= 0.6 is 0 Å². The Kier molecular flexibility index (Phi) is 2.83. The van der Waals surface area contributed by atoms with Gasteiger partial charge in [0, 0.05) is 36.3 Å². The summed E-state index contributed by atoms with van der Waals surface area (Å²) < 4.78 is 0. The summed E-state index contributed by atoms with van der Waals surface area (Å²) in [5, 5.41) is 0. The Balaban J connectivity index is 2.28. The van der Waals surface area contributed by atoms with Gasteiger partial charge in [0.15, 0.2) is 6.29 Å². The molecule has 0 unspecified atom stereocenters. The summed E-state index contributed by atoms with van der Waals surface area (Å²) in [6.45, 7) is 0.